The molecular weight excluding hydrogens is 328 g/mol. The lowest BCUT2D eigenvalue weighted by atomic mass is 10.1. The highest BCUT2D eigenvalue weighted by Gasteiger charge is 2.17. The van der Waals surface area contributed by atoms with Gasteiger partial charge in [-0.25, -0.2) is 0 Å². The molecule has 0 fully saturated rings. The standard InChI is InChI=1S/C21H20N2O3/c1-15-5-7-17(12-18(15)23-9-3-4-10-23)21(24)22(2)13-16-6-8-19-20(11-16)26-14-25-19/h3-12H,13-14H2,1-2H3. The normalized spacial score (nSPS) is 12.2. The summed E-state index contributed by atoms with van der Waals surface area (Å²) in [6, 6.07) is 15.5. The topological polar surface area (TPSA) is 43.7 Å². The first-order valence-electron chi connectivity index (χ1n) is 8.50. The number of ether oxygens (including phenoxy) is 2. The predicted molar refractivity (Wildman–Crippen MR) is 98.9 cm³/mol. The second kappa shape index (κ2) is 6.59. The molecule has 5 heteroatoms. The first-order valence-corrected chi connectivity index (χ1v) is 8.50. The molecule has 0 aliphatic carbocycles. The van der Waals surface area contributed by atoms with Crippen LogP contribution in [0.15, 0.2) is 60.9 Å². The highest BCUT2D eigenvalue weighted by Crippen LogP contribution is 2.32. The van der Waals surface area contributed by atoms with Crippen LogP contribution in [-0.4, -0.2) is 29.2 Å². The quantitative estimate of drug-likeness (QED) is 0.721. The Bertz CT molecular complexity index is 948. The molecule has 1 aliphatic rings. The van der Waals surface area contributed by atoms with E-state index in [1.54, 1.807) is 4.90 Å². The van der Waals surface area contributed by atoms with Crippen LogP contribution in [0.4, 0.5) is 0 Å². The lowest BCUT2D eigenvalue weighted by Gasteiger charge is -2.19. The van der Waals surface area contributed by atoms with Gasteiger partial charge in [0.2, 0.25) is 6.79 Å². The van der Waals surface area contributed by atoms with Gasteiger partial charge in [-0.05, 0) is 54.4 Å². The molecule has 26 heavy (non-hydrogen) atoms. The van der Waals surface area contributed by atoms with Crippen molar-refractivity contribution >= 4 is 5.91 Å². The number of benzene rings is 2. The third-order valence-electron chi connectivity index (χ3n) is 4.54. The Hall–Kier alpha value is -3.21. The minimum atomic E-state index is -0.0175. The number of fused-ring (bicyclic) bond motifs is 1. The van der Waals surface area contributed by atoms with Gasteiger partial charge in [-0.15, -0.1) is 0 Å². The summed E-state index contributed by atoms with van der Waals surface area (Å²) in [6.45, 7) is 2.79. The van der Waals surface area contributed by atoms with Gasteiger partial charge in [-0.3, -0.25) is 4.79 Å². The lowest BCUT2D eigenvalue weighted by molar-refractivity contribution is 0.0785. The number of nitrogens with zero attached hydrogens (tertiary/aromatic N) is 2. The number of rotatable bonds is 4. The number of hydrogen-bond acceptors (Lipinski definition) is 3. The second-order valence-electron chi connectivity index (χ2n) is 6.44. The van der Waals surface area contributed by atoms with E-state index in [-0.39, 0.29) is 12.7 Å². The van der Waals surface area contributed by atoms with Crippen LogP contribution in [-0.2, 0) is 6.54 Å². The van der Waals surface area contributed by atoms with Crippen molar-refractivity contribution in [2.45, 2.75) is 13.5 Å². The fourth-order valence-electron chi connectivity index (χ4n) is 3.12. The van der Waals surface area contributed by atoms with E-state index in [1.807, 2.05) is 79.5 Å². The largest absolute Gasteiger partial charge is 0.454 e. The molecule has 0 unspecified atom stereocenters. The first-order chi connectivity index (χ1) is 12.6. The van der Waals surface area contributed by atoms with Crippen molar-refractivity contribution in [1.29, 1.82) is 0 Å². The SMILES string of the molecule is Cc1ccc(C(=O)N(C)Cc2ccc3c(c2)OCO3)cc1-n1cccc1. The molecule has 0 spiro atoms. The van der Waals surface area contributed by atoms with Crippen LogP contribution < -0.4 is 9.47 Å². The van der Waals surface area contributed by atoms with Crippen molar-refractivity contribution in [3.05, 3.63) is 77.6 Å². The summed E-state index contributed by atoms with van der Waals surface area (Å²) in [5.74, 6) is 1.46. The average Bonchev–Trinajstić information content (AvgIpc) is 3.32. The zero-order valence-electron chi connectivity index (χ0n) is 14.8. The van der Waals surface area contributed by atoms with Crippen molar-refractivity contribution < 1.29 is 14.3 Å². The van der Waals surface area contributed by atoms with Crippen molar-refractivity contribution in [2.24, 2.45) is 0 Å². The monoisotopic (exact) mass is 348 g/mol. The van der Waals surface area contributed by atoms with E-state index < -0.39 is 0 Å². The van der Waals surface area contributed by atoms with Gasteiger partial charge in [0.15, 0.2) is 11.5 Å². The maximum absolute atomic E-state index is 12.9. The molecule has 2 heterocycles. The maximum atomic E-state index is 12.9. The second-order valence-corrected chi connectivity index (χ2v) is 6.44. The molecule has 0 bridgehead atoms. The Morgan fingerprint density at radius 2 is 1.85 bits per heavy atom. The zero-order valence-corrected chi connectivity index (χ0v) is 14.8. The number of aromatic nitrogens is 1. The molecule has 2 aromatic carbocycles. The van der Waals surface area contributed by atoms with Gasteiger partial charge in [0.05, 0.1) is 0 Å². The number of carbonyl (C=O) groups excluding carboxylic acids is 1. The van der Waals surface area contributed by atoms with Crippen LogP contribution in [0, 0.1) is 6.92 Å². The minimum Gasteiger partial charge on any atom is -0.454 e. The molecule has 4 rings (SSSR count). The van der Waals surface area contributed by atoms with Gasteiger partial charge in [0, 0.05) is 37.2 Å². The summed E-state index contributed by atoms with van der Waals surface area (Å²) >= 11 is 0. The number of carbonyl (C=O) groups is 1. The molecule has 0 saturated heterocycles. The highest BCUT2D eigenvalue weighted by molar-refractivity contribution is 5.94. The maximum Gasteiger partial charge on any atom is 0.253 e. The van der Waals surface area contributed by atoms with Gasteiger partial charge in [0.25, 0.3) is 5.91 Å². The Balaban J connectivity index is 1.54. The van der Waals surface area contributed by atoms with Gasteiger partial charge >= 0.3 is 0 Å². The van der Waals surface area contributed by atoms with Crippen LogP contribution in [0.1, 0.15) is 21.5 Å². The van der Waals surface area contributed by atoms with E-state index in [1.165, 1.54) is 0 Å². The number of amides is 1. The Morgan fingerprint density at radius 3 is 2.65 bits per heavy atom. The zero-order chi connectivity index (χ0) is 18.1. The van der Waals surface area contributed by atoms with Crippen LogP contribution in [0.3, 0.4) is 0 Å². The van der Waals surface area contributed by atoms with E-state index in [9.17, 15) is 4.79 Å². The smallest absolute Gasteiger partial charge is 0.253 e. The molecule has 5 nitrogen and oxygen atoms in total. The summed E-state index contributed by atoms with van der Waals surface area (Å²) in [4.78, 5) is 14.6. The fraction of sp³-hybridized carbons (Fsp3) is 0.190. The predicted octanol–water partition coefficient (Wildman–Crippen LogP) is 3.79. The Kier molecular flexibility index (Phi) is 4.13. The van der Waals surface area contributed by atoms with Crippen molar-refractivity contribution in [3.8, 4) is 17.2 Å². The van der Waals surface area contributed by atoms with Crippen molar-refractivity contribution in [1.82, 2.24) is 9.47 Å². The number of aryl methyl sites for hydroxylation is 1. The van der Waals surface area contributed by atoms with Gasteiger partial charge in [0.1, 0.15) is 0 Å². The molecule has 1 aliphatic heterocycles. The van der Waals surface area contributed by atoms with Gasteiger partial charge < -0.3 is 18.9 Å². The third-order valence-corrected chi connectivity index (χ3v) is 4.54. The molecule has 3 aromatic rings. The van der Waals surface area contributed by atoms with Gasteiger partial charge in [-0.1, -0.05) is 12.1 Å². The van der Waals surface area contributed by atoms with Crippen molar-refractivity contribution in [2.75, 3.05) is 13.8 Å². The Morgan fingerprint density at radius 1 is 1.08 bits per heavy atom. The summed E-state index contributed by atoms with van der Waals surface area (Å²) < 4.78 is 12.8. The van der Waals surface area contributed by atoms with E-state index in [0.717, 1.165) is 28.3 Å². The van der Waals surface area contributed by atoms with Crippen LogP contribution in [0.5, 0.6) is 11.5 Å². The first kappa shape index (κ1) is 16.3. The van der Waals surface area contributed by atoms with E-state index in [4.69, 9.17) is 9.47 Å². The van der Waals surface area contributed by atoms with Crippen LogP contribution in [0.25, 0.3) is 5.69 Å². The summed E-state index contributed by atoms with van der Waals surface area (Å²) in [5, 5.41) is 0. The van der Waals surface area contributed by atoms with Crippen LogP contribution >= 0.6 is 0 Å². The fourth-order valence-corrected chi connectivity index (χ4v) is 3.12. The summed E-state index contributed by atoms with van der Waals surface area (Å²) in [7, 11) is 1.81. The highest BCUT2D eigenvalue weighted by atomic mass is 16.7. The third kappa shape index (κ3) is 3.04. The molecule has 0 radical (unpaired) electrons. The summed E-state index contributed by atoms with van der Waals surface area (Å²) in [6.07, 6.45) is 3.96. The molecule has 132 valence electrons. The molecule has 0 saturated carbocycles. The van der Waals surface area contributed by atoms with E-state index in [0.29, 0.717) is 12.1 Å². The number of hydrogen-bond donors (Lipinski definition) is 0. The minimum absolute atomic E-state index is 0.0175. The molecule has 0 atom stereocenters. The molecule has 0 N–H and O–H groups in total. The Labute approximate surface area is 152 Å². The van der Waals surface area contributed by atoms with E-state index >= 15 is 0 Å². The molecule has 1 amide bonds. The lowest BCUT2D eigenvalue weighted by Crippen LogP contribution is -2.26. The van der Waals surface area contributed by atoms with E-state index in [2.05, 4.69) is 0 Å². The van der Waals surface area contributed by atoms with Crippen molar-refractivity contribution in [3.63, 3.8) is 0 Å². The molecule has 1 aromatic heterocycles. The molecular formula is C21H20N2O3. The van der Waals surface area contributed by atoms with Crippen LogP contribution in [0.2, 0.25) is 0 Å². The van der Waals surface area contributed by atoms with Gasteiger partial charge in [-0.2, -0.15) is 0 Å². The summed E-state index contributed by atoms with van der Waals surface area (Å²) in [5.41, 5.74) is 3.80. The average molecular weight is 348 g/mol.